The lowest BCUT2D eigenvalue weighted by atomic mass is 10.1. The maximum Gasteiger partial charge on any atom is 0.318 e. The molecular formula is C21H26N2O2. The van der Waals surface area contributed by atoms with Gasteiger partial charge in [0.1, 0.15) is 5.75 Å². The number of carbonyl (C=O) groups excluding carboxylic acids is 1. The summed E-state index contributed by atoms with van der Waals surface area (Å²) in [6.07, 6.45) is 2.99. The molecule has 4 heteroatoms. The molecule has 4 nitrogen and oxygen atoms in total. The number of methoxy groups -OCH3 is 1. The summed E-state index contributed by atoms with van der Waals surface area (Å²) >= 11 is 0. The van der Waals surface area contributed by atoms with Gasteiger partial charge >= 0.3 is 6.03 Å². The van der Waals surface area contributed by atoms with E-state index in [9.17, 15) is 4.79 Å². The Labute approximate surface area is 149 Å². The quantitative estimate of drug-likeness (QED) is 0.853. The van der Waals surface area contributed by atoms with Crippen molar-refractivity contribution in [1.82, 2.24) is 10.2 Å². The van der Waals surface area contributed by atoms with Gasteiger partial charge in [0.05, 0.1) is 13.2 Å². The van der Waals surface area contributed by atoms with Gasteiger partial charge in [-0.1, -0.05) is 49.4 Å². The first-order valence-electron chi connectivity index (χ1n) is 8.98. The molecule has 0 bridgehead atoms. The molecule has 2 aromatic carbocycles. The molecule has 1 atom stereocenters. The van der Waals surface area contributed by atoms with E-state index < -0.39 is 0 Å². The number of rotatable bonds is 6. The minimum Gasteiger partial charge on any atom is -0.496 e. The summed E-state index contributed by atoms with van der Waals surface area (Å²) in [6.45, 7) is 3.34. The molecule has 132 valence electrons. The molecule has 25 heavy (non-hydrogen) atoms. The number of fused-ring (bicyclic) bond motifs is 1. The van der Waals surface area contributed by atoms with E-state index in [0.29, 0.717) is 6.54 Å². The SMILES string of the molecule is CCCN(C(=O)NCc1ccccc1OC)C1CCc2ccccc21. The third kappa shape index (κ3) is 3.78. The third-order valence-electron chi connectivity index (χ3n) is 4.83. The highest BCUT2D eigenvalue weighted by Crippen LogP contribution is 2.35. The van der Waals surface area contributed by atoms with Gasteiger partial charge in [0, 0.05) is 18.7 Å². The lowest BCUT2D eigenvalue weighted by Gasteiger charge is -2.30. The summed E-state index contributed by atoms with van der Waals surface area (Å²) in [6, 6.07) is 16.4. The minimum atomic E-state index is -0.00513. The number of aryl methyl sites for hydroxylation is 1. The molecule has 1 unspecified atom stereocenters. The second-order valence-corrected chi connectivity index (χ2v) is 6.42. The van der Waals surface area contributed by atoms with E-state index in [-0.39, 0.29) is 12.1 Å². The molecule has 0 fully saturated rings. The van der Waals surface area contributed by atoms with Gasteiger partial charge in [0.25, 0.3) is 0 Å². The number of ether oxygens (including phenoxy) is 1. The predicted octanol–water partition coefficient (Wildman–Crippen LogP) is 4.30. The number of para-hydroxylation sites is 1. The van der Waals surface area contributed by atoms with Crippen LogP contribution in [0.2, 0.25) is 0 Å². The van der Waals surface area contributed by atoms with Gasteiger partial charge < -0.3 is 15.0 Å². The monoisotopic (exact) mass is 338 g/mol. The average molecular weight is 338 g/mol. The number of urea groups is 1. The Morgan fingerprint density at radius 2 is 1.96 bits per heavy atom. The molecule has 2 amide bonds. The van der Waals surface area contributed by atoms with Crippen molar-refractivity contribution in [2.75, 3.05) is 13.7 Å². The highest BCUT2D eigenvalue weighted by Gasteiger charge is 2.30. The highest BCUT2D eigenvalue weighted by atomic mass is 16.5. The molecule has 3 rings (SSSR count). The number of amides is 2. The van der Waals surface area contributed by atoms with Gasteiger partial charge in [-0.15, -0.1) is 0 Å². The van der Waals surface area contributed by atoms with Gasteiger partial charge in [-0.3, -0.25) is 0 Å². The zero-order chi connectivity index (χ0) is 17.6. The molecule has 0 saturated heterocycles. The maximum atomic E-state index is 12.9. The highest BCUT2D eigenvalue weighted by molar-refractivity contribution is 5.75. The molecule has 0 spiro atoms. The van der Waals surface area contributed by atoms with Crippen molar-refractivity contribution in [2.24, 2.45) is 0 Å². The second kappa shape index (κ2) is 8.06. The second-order valence-electron chi connectivity index (χ2n) is 6.42. The van der Waals surface area contributed by atoms with Crippen molar-refractivity contribution in [1.29, 1.82) is 0 Å². The summed E-state index contributed by atoms with van der Waals surface area (Å²) in [7, 11) is 1.65. The summed E-state index contributed by atoms with van der Waals surface area (Å²) < 4.78 is 5.37. The van der Waals surface area contributed by atoms with Crippen LogP contribution >= 0.6 is 0 Å². The van der Waals surface area contributed by atoms with Crippen LogP contribution in [0.3, 0.4) is 0 Å². The first-order valence-corrected chi connectivity index (χ1v) is 8.98. The number of benzene rings is 2. The fourth-order valence-electron chi connectivity index (χ4n) is 3.62. The molecule has 1 aliphatic carbocycles. The summed E-state index contributed by atoms with van der Waals surface area (Å²) in [5.41, 5.74) is 3.65. The Balaban J connectivity index is 1.72. The van der Waals surface area contributed by atoms with Gasteiger partial charge in [0.2, 0.25) is 0 Å². The van der Waals surface area contributed by atoms with Crippen LogP contribution in [0, 0.1) is 0 Å². The Bertz CT molecular complexity index is 729. The number of hydrogen-bond donors (Lipinski definition) is 1. The summed E-state index contributed by atoms with van der Waals surface area (Å²) in [5.74, 6) is 0.802. The molecule has 1 aliphatic rings. The number of carbonyl (C=O) groups is 1. The van der Waals surface area contributed by atoms with Gasteiger partial charge in [-0.05, 0) is 36.5 Å². The molecule has 0 aromatic heterocycles. The number of hydrogen-bond acceptors (Lipinski definition) is 2. The Hall–Kier alpha value is -2.49. The number of nitrogens with one attached hydrogen (secondary N) is 1. The van der Waals surface area contributed by atoms with Crippen LogP contribution < -0.4 is 10.1 Å². The summed E-state index contributed by atoms with van der Waals surface area (Å²) in [4.78, 5) is 14.9. The zero-order valence-electron chi connectivity index (χ0n) is 15.0. The number of nitrogens with zero attached hydrogens (tertiary/aromatic N) is 1. The van der Waals surface area contributed by atoms with Crippen LogP contribution in [0.25, 0.3) is 0 Å². The standard InChI is InChI=1S/C21H26N2O2/c1-3-14-23(19-13-12-16-8-4-6-10-18(16)19)21(24)22-15-17-9-5-7-11-20(17)25-2/h4-11,19H,3,12-15H2,1-2H3,(H,22,24). The van der Waals surface area contributed by atoms with Crippen LogP contribution in [-0.2, 0) is 13.0 Å². The van der Waals surface area contributed by atoms with Crippen LogP contribution in [0.5, 0.6) is 5.75 Å². The Morgan fingerprint density at radius 3 is 2.76 bits per heavy atom. The zero-order valence-corrected chi connectivity index (χ0v) is 15.0. The minimum absolute atomic E-state index is 0.00513. The van der Waals surface area contributed by atoms with Crippen molar-refractivity contribution in [3.63, 3.8) is 0 Å². The fourth-order valence-corrected chi connectivity index (χ4v) is 3.62. The lowest BCUT2D eigenvalue weighted by Crippen LogP contribution is -2.41. The van der Waals surface area contributed by atoms with E-state index in [1.807, 2.05) is 29.2 Å². The topological polar surface area (TPSA) is 41.6 Å². The maximum absolute atomic E-state index is 12.9. The molecule has 0 aliphatic heterocycles. The normalized spacial score (nSPS) is 15.5. The molecular weight excluding hydrogens is 312 g/mol. The van der Waals surface area contributed by atoms with E-state index in [2.05, 4.69) is 36.5 Å². The van der Waals surface area contributed by atoms with Crippen LogP contribution in [-0.4, -0.2) is 24.6 Å². The summed E-state index contributed by atoms with van der Waals surface area (Å²) in [5, 5.41) is 3.07. The van der Waals surface area contributed by atoms with Crippen molar-refractivity contribution >= 4 is 6.03 Å². The molecule has 1 N–H and O–H groups in total. The Kier molecular flexibility index (Phi) is 5.59. The van der Waals surface area contributed by atoms with E-state index >= 15 is 0 Å². The first-order chi connectivity index (χ1) is 12.2. The largest absolute Gasteiger partial charge is 0.496 e. The van der Waals surface area contributed by atoms with Gasteiger partial charge in [0.15, 0.2) is 0 Å². The lowest BCUT2D eigenvalue weighted by molar-refractivity contribution is 0.173. The van der Waals surface area contributed by atoms with Crippen molar-refractivity contribution in [2.45, 2.75) is 38.8 Å². The molecule has 2 aromatic rings. The molecule has 0 saturated carbocycles. The first kappa shape index (κ1) is 17.3. The van der Waals surface area contributed by atoms with Crippen molar-refractivity contribution in [3.05, 3.63) is 65.2 Å². The Morgan fingerprint density at radius 1 is 1.20 bits per heavy atom. The van der Waals surface area contributed by atoms with Crippen LogP contribution in [0.1, 0.15) is 42.5 Å². The predicted molar refractivity (Wildman–Crippen MR) is 99.7 cm³/mol. The van der Waals surface area contributed by atoms with E-state index in [0.717, 1.165) is 37.1 Å². The fraction of sp³-hybridized carbons (Fsp3) is 0.381. The van der Waals surface area contributed by atoms with E-state index in [4.69, 9.17) is 4.74 Å². The van der Waals surface area contributed by atoms with Crippen LogP contribution in [0.15, 0.2) is 48.5 Å². The van der Waals surface area contributed by atoms with Gasteiger partial charge in [-0.25, -0.2) is 4.79 Å². The van der Waals surface area contributed by atoms with Crippen LogP contribution in [0.4, 0.5) is 4.79 Å². The van der Waals surface area contributed by atoms with Gasteiger partial charge in [-0.2, -0.15) is 0 Å². The van der Waals surface area contributed by atoms with Crippen molar-refractivity contribution < 1.29 is 9.53 Å². The van der Waals surface area contributed by atoms with E-state index in [1.165, 1.54) is 11.1 Å². The van der Waals surface area contributed by atoms with Crippen molar-refractivity contribution in [3.8, 4) is 5.75 Å². The smallest absolute Gasteiger partial charge is 0.318 e. The van der Waals surface area contributed by atoms with E-state index in [1.54, 1.807) is 7.11 Å². The third-order valence-corrected chi connectivity index (χ3v) is 4.83. The average Bonchev–Trinajstić information content (AvgIpc) is 3.08. The molecule has 0 radical (unpaired) electrons. The molecule has 0 heterocycles.